The van der Waals surface area contributed by atoms with Gasteiger partial charge in [-0.3, -0.25) is 9.69 Å². The first kappa shape index (κ1) is 13.3. The Morgan fingerprint density at radius 3 is 2.78 bits per heavy atom. The maximum Gasteiger partial charge on any atom is 0.242 e. The molecule has 0 aromatic heterocycles. The first-order chi connectivity index (χ1) is 8.81. The fraction of sp³-hybridized carbons (Fsp3) is 0.833. The Bertz CT molecular complexity index is 315. The van der Waals surface area contributed by atoms with Crippen LogP contribution in [0, 0.1) is 11.3 Å². The standard InChI is InChI=1S/C12H20N4O2/c13-2-1-4-15-5-7-16(8-6-15)12(17)11-10-18-9-3-14-11/h11,14H,1,3-10H2. The molecule has 100 valence electrons. The van der Waals surface area contributed by atoms with Gasteiger partial charge in [0, 0.05) is 45.7 Å². The lowest BCUT2D eigenvalue weighted by Gasteiger charge is -2.37. The summed E-state index contributed by atoms with van der Waals surface area (Å²) in [5.41, 5.74) is 0. The first-order valence-corrected chi connectivity index (χ1v) is 6.50. The summed E-state index contributed by atoms with van der Waals surface area (Å²) in [6.07, 6.45) is 0.561. The molecule has 1 N–H and O–H groups in total. The summed E-state index contributed by atoms with van der Waals surface area (Å²) in [6, 6.07) is 1.98. The van der Waals surface area contributed by atoms with Crippen LogP contribution in [0.4, 0.5) is 0 Å². The number of carbonyl (C=O) groups is 1. The minimum Gasteiger partial charge on any atom is -0.378 e. The number of piperazine rings is 1. The topological polar surface area (TPSA) is 68.6 Å². The van der Waals surface area contributed by atoms with Crippen LogP contribution in [0.25, 0.3) is 0 Å². The SMILES string of the molecule is N#CCCN1CCN(C(=O)C2COCCN2)CC1. The molecule has 2 aliphatic heterocycles. The lowest BCUT2D eigenvalue weighted by Crippen LogP contribution is -2.57. The number of rotatable bonds is 3. The molecular weight excluding hydrogens is 232 g/mol. The Labute approximate surface area is 107 Å². The third kappa shape index (κ3) is 3.42. The summed E-state index contributed by atoms with van der Waals surface area (Å²) in [5, 5.41) is 11.7. The monoisotopic (exact) mass is 252 g/mol. The van der Waals surface area contributed by atoms with Crippen molar-refractivity contribution in [2.75, 3.05) is 52.5 Å². The van der Waals surface area contributed by atoms with Crippen LogP contribution in [-0.4, -0.2) is 74.2 Å². The van der Waals surface area contributed by atoms with Crippen LogP contribution in [0.1, 0.15) is 6.42 Å². The van der Waals surface area contributed by atoms with Gasteiger partial charge in [-0.25, -0.2) is 0 Å². The van der Waals surface area contributed by atoms with E-state index in [0.717, 1.165) is 39.3 Å². The van der Waals surface area contributed by atoms with Gasteiger partial charge >= 0.3 is 0 Å². The highest BCUT2D eigenvalue weighted by atomic mass is 16.5. The molecule has 2 rings (SSSR count). The number of nitriles is 1. The molecule has 0 saturated carbocycles. The molecule has 2 saturated heterocycles. The second kappa shape index (κ2) is 6.69. The van der Waals surface area contributed by atoms with Gasteiger partial charge in [0.05, 0.1) is 19.3 Å². The lowest BCUT2D eigenvalue weighted by atomic mass is 10.2. The molecule has 0 radical (unpaired) electrons. The van der Waals surface area contributed by atoms with E-state index in [-0.39, 0.29) is 11.9 Å². The van der Waals surface area contributed by atoms with Crippen LogP contribution in [-0.2, 0) is 9.53 Å². The number of carbonyl (C=O) groups excluding carboxylic acids is 1. The number of hydrogen-bond acceptors (Lipinski definition) is 5. The third-order valence-corrected chi connectivity index (χ3v) is 3.44. The maximum absolute atomic E-state index is 12.2. The molecule has 0 aromatic rings. The van der Waals surface area contributed by atoms with Gasteiger partial charge in [-0.1, -0.05) is 0 Å². The van der Waals surface area contributed by atoms with Crippen molar-refractivity contribution in [1.29, 1.82) is 5.26 Å². The van der Waals surface area contributed by atoms with Crippen LogP contribution in [0.15, 0.2) is 0 Å². The summed E-state index contributed by atoms with van der Waals surface area (Å²) >= 11 is 0. The van der Waals surface area contributed by atoms with Gasteiger partial charge in [0.15, 0.2) is 0 Å². The number of amides is 1. The average Bonchev–Trinajstić information content (AvgIpc) is 2.46. The summed E-state index contributed by atoms with van der Waals surface area (Å²) in [7, 11) is 0. The molecule has 2 aliphatic rings. The largest absolute Gasteiger partial charge is 0.378 e. The number of nitrogens with zero attached hydrogens (tertiary/aromatic N) is 3. The second-order valence-electron chi connectivity index (χ2n) is 4.66. The van der Waals surface area contributed by atoms with E-state index < -0.39 is 0 Å². The van der Waals surface area contributed by atoms with Gasteiger partial charge in [0.2, 0.25) is 5.91 Å². The number of nitrogens with one attached hydrogen (secondary N) is 1. The quantitative estimate of drug-likeness (QED) is 0.700. The van der Waals surface area contributed by atoms with Gasteiger partial charge < -0.3 is 15.0 Å². The predicted octanol–water partition coefficient (Wildman–Crippen LogP) is -0.967. The van der Waals surface area contributed by atoms with Crippen molar-refractivity contribution in [3.8, 4) is 6.07 Å². The first-order valence-electron chi connectivity index (χ1n) is 6.50. The van der Waals surface area contributed by atoms with E-state index in [4.69, 9.17) is 10.00 Å². The van der Waals surface area contributed by atoms with Crippen molar-refractivity contribution in [2.45, 2.75) is 12.5 Å². The van der Waals surface area contributed by atoms with E-state index in [1.807, 2.05) is 4.90 Å². The van der Waals surface area contributed by atoms with Crippen molar-refractivity contribution < 1.29 is 9.53 Å². The molecule has 0 spiro atoms. The lowest BCUT2D eigenvalue weighted by molar-refractivity contribution is -0.138. The Kier molecular flexibility index (Phi) is 4.93. The normalized spacial score (nSPS) is 25.7. The van der Waals surface area contributed by atoms with Gasteiger partial charge in [-0.2, -0.15) is 5.26 Å². The molecule has 0 aliphatic carbocycles. The van der Waals surface area contributed by atoms with E-state index >= 15 is 0 Å². The molecule has 1 unspecified atom stereocenters. The fourth-order valence-electron chi connectivity index (χ4n) is 2.34. The highest BCUT2D eigenvalue weighted by Crippen LogP contribution is 2.06. The van der Waals surface area contributed by atoms with E-state index in [2.05, 4.69) is 16.3 Å². The molecule has 1 amide bonds. The molecule has 6 heteroatoms. The van der Waals surface area contributed by atoms with E-state index in [1.165, 1.54) is 0 Å². The van der Waals surface area contributed by atoms with Crippen molar-refractivity contribution in [1.82, 2.24) is 15.1 Å². The van der Waals surface area contributed by atoms with Crippen molar-refractivity contribution in [3.63, 3.8) is 0 Å². The van der Waals surface area contributed by atoms with Crippen LogP contribution in [0.2, 0.25) is 0 Å². The molecule has 18 heavy (non-hydrogen) atoms. The fourth-order valence-corrected chi connectivity index (χ4v) is 2.34. The molecule has 1 atom stereocenters. The minimum absolute atomic E-state index is 0.148. The zero-order valence-electron chi connectivity index (χ0n) is 10.6. The van der Waals surface area contributed by atoms with Crippen molar-refractivity contribution in [2.24, 2.45) is 0 Å². The van der Waals surface area contributed by atoms with E-state index in [9.17, 15) is 4.79 Å². The Hall–Kier alpha value is -1.16. The zero-order valence-corrected chi connectivity index (χ0v) is 10.6. The van der Waals surface area contributed by atoms with Crippen LogP contribution < -0.4 is 5.32 Å². The number of morpholine rings is 1. The molecular formula is C12H20N4O2. The van der Waals surface area contributed by atoms with Gasteiger partial charge in [0.1, 0.15) is 6.04 Å². The van der Waals surface area contributed by atoms with Crippen LogP contribution >= 0.6 is 0 Å². The third-order valence-electron chi connectivity index (χ3n) is 3.44. The summed E-state index contributed by atoms with van der Waals surface area (Å²) in [6.45, 7) is 5.95. The van der Waals surface area contributed by atoms with E-state index in [0.29, 0.717) is 19.6 Å². The molecule has 2 fully saturated rings. The van der Waals surface area contributed by atoms with Crippen molar-refractivity contribution >= 4 is 5.91 Å². The molecule has 2 heterocycles. The van der Waals surface area contributed by atoms with Gasteiger partial charge in [-0.05, 0) is 0 Å². The van der Waals surface area contributed by atoms with Gasteiger partial charge in [-0.15, -0.1) is 0 Å². The van der Waals surface area contributed by atoms with Crippen molar-refractivity contribution in [3.05, 3.63) is 0 Å². The predicted molar refractivity (Wildman–Crippen MR) is 65.9 cm³/mol. The highest BCUT2D eigenvalue weighted by Gasteiger charge is 2.28. The van der Waals surface area contributed by atoms with Gasteiger partial charge in [0.25, 0.3) is 0 Å². The summed E-state index contributed by atoms with van der Waals surface area (Å²) < 4.78 is 5.31. The Balaban J connectivity index is 1.75. The smallest absolute Gasteiger partial charge is 0.242 e. The molecule has 6 nitrogen and oxygen atoms in total. The molecule has 0 aromatic carbocycles. The minimum atomic E-state index is -0.176. The second-order valence-corrected chi connectivity index (χ2v) is 4.66. The number of ether oxygens (including phenoxy) is 1. The zero-order chi connectivity index (χ0) is 12.8. The summed E-state index contributed by atoms with van der Waals surface area (Å²) in [5.74, 6) is 0.148. The average molecular weight is 252 g/mol. The van der Waals surface area contributed by atoms with E-state index in [1.54, 1.807) is 0 Å². The Morgan fingerprint density at radius 2 is 2.17 bits per heavy atom. The summed E-state index contributed by atoms with van der Waals surface area (Å²) in [4.78, 5) is 16.3. The maximum atomic E-state index is 12.2. The highest BCUT2D eigenvalue weighted by molar-refractivity contribution is 5.82. The van der Waals surface area contributed by atoms with Crippen LogP contribution in [0.3, 0.4) is 0 Å². The number of hydrogen-bond donors (Lipinski definition) is 1. The van der Waals surface area contributed by atoms with Crippen LogP contribution in [0.5, 0.6) is 0 Å². The Morgan fingerprint density at radius 1 is 1.39 bits per heavy atom. The molecule has 0 bridgehead atoms.